The average Bonchev–Trinajstić information content (AvgIpc) is 3.03. The van der Waals surface area contributed by atoms with Crippen molar-refractivity contribution in [3.8, 4) is 0 Å². The van der Waals surface area contributed by atoms with E-state index in [9.17, 15) is 18.0 Å². The van der Waals surface area contributed by atoms with Crippen LogP contribution in [0.1, 0.15) is 37.0 Å². The summed E-state index contributed by atoms with van der Waals surface area (Å²) in [5, 5.41) is 4.04. The van der Waals surface area contributed by atoms with Crippen LogP contribution in [0.3, 0.4) is 0 Å². The highest BCUT2D eigenvalue weighted by Gasteiger charge is 2.35. The minimum absolute atomic E-state index is 0.0240. The molecule has 0 aliphatic heterocycles. The molecule has 2 amide bonds. The minimum Gasteiger partial charge on any atom is -0.352 e. The molecule has 2 atom stereocenters. The number of nitrogens with zero attached hydrogens (tertiary/aromatic N) is 2. The molecule has 4 aromatic rings. The fourth-order valence-electron chi connectivity index (χ4n) is 4.88. The van der Waals surface area contributed by atoms with Crippen LogP contribution in [0.4, 0.5) is 5.69 Å². The Morgan fingerprint density at radius 2 is 1.52 bits per heavy atom. The van der Waals surface area contributed by atoms with Crippen molar-refractivity contribution in [2.24, 2.45) is 0 Å². The van der Waals surface area contributed by atoms with Gasteiger partial charge in [0.15, 0.2) is 0 Å². The molecule has 0 saturated carbocycles. The Morgan fingerprint density at radius 3 is 2.15 bits per heavy atom. The molecule has 11 heteroatoms. The quantitative estimate of drug-likeness (QED) is 0.155. The zero-order valence-electron chi connectivity index (χ0n) is 25.8. The van der Waals surface area contributed by atoms with Crippen LogP contribution in [0.2, 0.25) is 15.1 Å². The maximum absolute atomic E-state index is 14.6. The van der Waals surface area contributed by atoms with Crippen LogP contribution >= 0.6 is 34.8 Å². The van der Waals surface area contributed by atoms with Crippen LogP contribution in [-0.4, -0.2) is 43.8 Å². The number of amides is 2. The first-order valence-electron chi connectivity index (χ1n) is 14.8. The van der Waals surface area contributed by atoms with Gasteiger partial charge in [-0.05, 0) is 85.5 Å². The van der Waals surface area contributed by atoms with Gasteiger partial charge < -0.3 is 10.2 Å². The lowest BCUT2D eigenvalue weighted by Crippen LogP contribution is -2.54. The van der Waals surface area contributed by atoms with E-state index in [1.54, 1.807) is 36.4 Å². The van der Waals surface area contributed by atoms with Crippen LogP contribution < -0.4 is 9.62 Å². The molecule has 0 aliphatic carbocycles. The highest BCUT2D eigenvalue weighted by molar-refractivity contribution is 7.92. The topological polar surface area (TPSA) is 86.8 Å². The van der Waals surface area contributed by atoms with Crippen LogP contribution in [-0.2, 0) is 32.6 Å². The molecule has 0 saturated heterocycles. The standard InChI is InChI=1S/C35H36Cl3N3O4S/c1-4-25(3)39-35(43)33(21-26-10-6-5-7-11-26)40(22-27-13-18-31(37)32(38)20-27)34(42)23-41(29-12-8-9-24(2)19-29)46(44,45)30-16-14-28(36)15-17-30/h5-20,25,33H,4,21-23H2,1-3H3,(H,39,43)/t25-,33+/m1/s1. The van der Waals surface area contributed by atoms with Crippen LogP contribution in [0.5, 0.6) is 0 Å². The summed E-state index contributed by atoms with van der Waals surface area (Å²) < 4.78 is 29.3. The summed E-state index contributed by atoms with van der Waals surface area (Å²) >= 11 is 18.6. The van der Waals surface area contributed by atoms with Gasteiger partial charge in [0.25, 0.3) is 10.0 Å². The molecule has 0 aliphatic rings. The van der Waals surface area contributed by atoms with Crippen molar-refractivity contribution in [1.29, 1.82) is 0 Å². The summed E-state index contributed by atoms with van der Waals surface area (Å²) in [6.45, 7) is 5.09. The molecule has 4 rings (SSSR count). The van der Waals surface area contributed by atoms with Crippen molar-refractivity contribution in [1.82, 2.24) is 10.2 Å². The van der Waals surface area contributed by atoms with Crippen molar-refractivity contribution >= 4 is 62.3 Å². The lowest BCUT2D eigenvalue weighted by molar-refractivity contribution is -0.140. The Bertz CT molecular complexity index is 1770. The Kier molecular flexibility index (Phi) is 12.1. The predicted octanol–water partition coefficient (Wildman–Crippen LogP) is 7.71. The molecule has 46 heavy (non-hydrogen) atoms. The monoisotopic (exact) mass is 699 g/mol. The van der Waals surface area contributed by atoms with Gasteiger partial charge in [-0.15, -0.1) is 0 Å². The van der Waals surface area contributed by atoms with E-state index < -0.39 is 28.5 Å². The van der Waals surface area contributed by atoms with Gasteiger partial charge in [0.05, 0.1) is 20.6 Å². The summed E-state index contributed by atoms with van der Waals surface area (Å²) in [6, 6.07) is 25.9. The number of carbonyl (C=O) groups is 2. The molecule has 0 aromatic heterocycles. The second-order valence-electron chi connectivity index (χ2n) is 11.1. The number of hydrogen-bond donors (Lipinski definition) is 1. The number of nitrogens with one attached hydrogen (secondary N) is 1. The molecule has 0 fully saturated rings. The third-order valence-corrected chi connectivity index (χ3v) is 10.4. The number of sulfonamides is 1. The Balaban J connectivity index is 1.82. The lowest BCUT2D eigenvalue weighted by atomic mass is 10.0. The highest BCUT2D eigenvalue weighted by Crippen LogP contribution is 2.28. The van der Waals surface area contributed by atoms with Crippen molar-refractivity contribution in [3.05, 3.63) is 129 Å². The van der Waals surface area contributed by atoms with Crippen LogP contribution in [0, 0.1) is 6.92 Å². The van der Waals surface area contributed by atoms with Gasteiger partial charge in [0.1, 0.15) is 12.6 Å². The van der Waals surface area contributed by atoms with Crippen molar-refractivity contribution in [3.63, 3.8) is 0 Å². The first-order valence-corrected chi connectivity index (χ1v) is 17.4. The SMILES string of the molecule is CC[C@@H](C)NC(=O)[C@H](Cc1ccccc1)N(Cc1ccc(Cl)c(Cl)c1)C(=O)CN(c1cccc(C)c1)S(=O)(=O)c1ccc(Cl)cc1. The molecule has 242 valence electrons. The van der Waals surface area contributed by atoms with Crippen molar-refractivity contribution in [2.75, 3.05) is 10.8 Å². The number of aryl methyl sites for hydroxylation is 1. The average molecular weight is 701 g/mol. The highest BCUT2D eigenvalue weighted by atomic mass is 35.5. The Hall–Kier alpha value is -3.56. The number of anilines is 1. The molecule has 0 bridgehead atoms. The third kappa shape index (κ3) is 9.04. The lowest BCUT2D eigenvalue weighted by Gasteiger charge is -2.34. The zero-order valence-corrected chi connectivity index (χ0v) is 28.9. The van der Waals surface area contributed by atoms with Crippen molar-refractivity contribution < 1.29 is 18.0 Å². The van der Waals surface area contributed by atoms with Gasteiger partial charge in [0, 0.05) is 24.0 Å². The number of halogens is 3. The minimum atomic E-state index is -4.24. The number of hydrogen-bond acceptors (Lipinski definition) is 4. The maximum atomic E-state index is 14.6. The van der Waals surface area contributed by atoms with E-state index in [0.29, 0.717) is 32.7 Å². The Morgan fingerprint density at radius 1 is 0.826 bits per heavy atom. The molecule has 0 unspecified atom stereocenters. The molecular formula is C35H36Cl3N3O4S. The summed E-state index contributed by atoms with van der Waals surface area (Å²) in [7, 11) is -4.24. The summed E-state index contributed by atoms with van der Waals surface area (Å²) in [6.07, 6.45) is 0.884. The molecule has 0 radical (unpaired) electrons. The summed E-state index contributed by atoms with van der Waals surface area (Å²) in [5.41, 5.74) is 2.58. The van der Waals surface area contributed by atoms with E-state index in [-0.39, 0.29) is 29.8 Å². The van der Waals surface area contributed by atoms with Crippen molar-refractivity contribution in [2.45, 2.75) is 57.1 Å². The molecule has 4 aromatic carbocycles. The molecule has 1 N–H and O–H groups in total. The van der Waals surface area contributed by atoms with E-state index in [0.717, 1.165) is 15.4 Å². The number of carbonyl (C=O) groups excluding carboxylic acids is 2. The van der Waals surface area contributed by atoms with Gasteiger partial charge in [-0.2, -0.15) is 0 Å². The van der Waals surface area contributed by atoms with Crippen LogP contribution in [0.25, 0.3) is 0 Å². The van der Waals surface area contributed by atoms with E-state index >= 15 is 0 Å². The molecule has 7 nitrogen and oxygen atoms in total. The van der Waals surface area contributed by atoms with Gasteiger partial charge in [-0.1, -0.05) is 90.3 Å². The third-order valence-electron chi connectivity index (χ3n) is 7.58. The molecule has 0 heterocycles. The smallest absolute Gasteiger partial charge is 0.264 e. The fraction of sp³-hybridized carbons (Fsp3) is 0.257. The van der Waals surface area contributed by atoms with E-state index in [1.165, 1.54) is 29.2 Å². The van der Waals surface area contributed by atoms with Gasteiger partial charge in [0.2, 0.25) is 11.8 Å². The summed E-state index contributed by atoms with van der Waals surface area (Å²) in [4.78, 5) is 29.9. The zero-order chi connectivity index (χ0) is 33.4. The fourth-order valence-corrected chi connectivity index (χ4v) is 6.73. The van der Waals surface area contributed by atoms with Crippen LogP contribution in [0.15, 0.2) is 102 Å². The second kappa shape index (κ2) is 15.8. The normalized spacial score (nSPS) is 12.7. The summed E-state index contributed by atoms with van der Waals surface area (Å²) in [5.74, 6) is -0.931. The van der Waals surface area contributed by atoms with E-state index in [2.05, 4.69) is 5.32 Å². The number of rotatable bonds is 13. The van der Waals surface area contributed by atoms with Gasteiger partial charge >= 0.3 is 0 Å². The first kappa shape index (κ1) is 35.3. The van der Waals surface area contributed by atoms with E-state index in [1.807, 2.05) is 57.2 Å². The van der Waals surface area contributed by atoms with Gasteiger partial charge in [-0.25, -0.2) is 8.42 Å². The molecular weight excluding hydrogens is 665 g/mol. The number of benzene rings is 4. The first-order chi connectivity index (χ1) is 21.9. The Labute approximate surface area is 286 Å². The predicted molar refractivity (Wildman–Crippen MR) is 186 cm³/mol. The largest absolute Gasteiger partial charge is 0.352 e. The van der Waals surface area contributed by atoms with Gasteiger partial charge in [-0.3, -0.25) is 13.9 Å². The maximum Gasteiger partial charge on any atom is 0.264 e. The van der Waals surface area contributed by atoms with E-state index in [4.69, 9.17) is 34.8 Å². The second-order valence-corrected chi connectivity index (χ2v) is 14.2. The molecule has 0 spiro atoms.